The fraction of sp³-hybridized carbons (Fsp3) is 0.333. The van der Waals surface area contributed by atoms with E-state index in [0.29, 0.717) is 10.9 Å². The average molecular weight is 299 g/mol. The normalized spacial score (nSPS) is 11.6. The number of rotatable bonds is 4. The van der Waals surface area contributed by atoms with Crippen molar-refractivity contribution in [1.82, 2.24) is 5.32 Å². The van der Waals surface area contributed by atoms with Crippen LogP contribution in [0.15, 0.2) is 22.7 Å². The average Bonchev–Trinajstić information content (AvgIpc) is 2.31. The van der Waals surface area contributed by atoms with Crippen molar-refractivity contribution in [2.75, 3.05) is 0 Å². The van der Waals surface area contributed by atoms with Crippen molar-refractivity contribution < 1.29 is 9.18 Å². The molecule has 0 fully saturated rings. The maximum absolute atomic E-state index is 13.4. The van der Waals surface area contributed by atoms with E-state index in [1.165, 1.54) is 18.2 Å². The number of halogens is 2. The summed E-state index contributed by atoms with van der Waals surface area (Å²) in [4.78, 5) is 11.8. The number of benzene rings is 1. The molecule has 1 unspecified atom stereocenters. The molecule has 0 bridgehead atoms. The molecule has 0 radical (unpaired) electrons. The Labute approximate surface area is 108 Å². The van der Waals surface area contributed by atoms with Gasteiger partial charge < -0.3 is 5.32 Å². The van der Waals surface area contributed by atoms with Gasteiger partial charge in [0.1, 0.15) is 5.82 Å². The van der Waals surface area contributed by atoms with E-state index in [2.05, 4.69) is 21.2 Å². The van der Waals surface area contributed by atoms with Crippen molar-refractivity contribution in [2.24, 2.45) is 0 Å². The molecule has 0 heterocycles. The summed E-state index contributed by atoms with van der Waals surface area (Å²) >= 11 is 3.18. The Morgan fingerprint density at radius 2 is 2.35 bits per heavy atom. The first-order valence-electron chi connectivity index (χ1n) is 5.21. The quantitative estimate of drug-likeness (QED) is 0.929. The molecule has 1 amide bonds. The van der Waals surface area contributed by atoms with Gasteiger partial charge in [-0.2, -0.15) is 5.26 Å². The maximum atomic E-state index is 13.4. The lowest BCUT2D eigenvalue weighted by Gasteiger charge is -2.13. The summed E-state index contributed by atoms with van der Waals surface area (Å²) in [6.45, 7) is 1.86. The molecule has 1 aromatic rings. The van der Waals surface area contributed by atoms with Crippen molar-refractivity contribution in [3.63, 3.8) is 0 Å². The number of hydrogen-bond donors (Lipinski definition) is 1. The maximum Gasteiger partial charge on any atom is 0.254 e. The number of carbonyl (C=O) groups is 1. The lowest BCUT2D eigenvalue weighted by molar-refractivity contribution is 0.0932. The van der Waals surface area contributed by atoms with E-state index in [1.54, 1.807) is 0 Å². The van der Waals surface area contributed by atoms with E-state index in [4.69, 9.17) is 5.26 Å². The summed E-state index contributed by atoms with van der Waals surface area (Å²) in [6.07, 6.45) is 0.854. The number of amides is 1. The van der Waals surface area contributed by atoms with Crippen LogP contribution in [0.5, 0.6) is 0 Å². The molecule has 0 saturated heterocycles. The monoisotopic (exact) mass is 298 g/mol. The van der Waals surface area contributed by atoms with E-state index >= 15 is 0 Å². The van der Waals surface area contributed by atoms with Crippen LogP contribution in [0.1, 0.15) is 30.1 Å². The third-order valence-electron chi connectivity index (χ3n) is 2.34. The highest BCUT2D eigenvalue weighted by molar-refractivity contribution is 9.10. The van der Waals surface area contributed by atoms with Crippen molar-refractivity contribution in [1.29, 1.82) is 5.26 Å². The summed E-state index contributed by atoms with van der Waals surface area (Å²) in [7, 11) is 0. The Morgan fingerprint density at radius 1 is 1.65 bits per heavy atom. The van der Waals surface area contributed by atoms with Crippen LogP contribution >= 0.6 is 15.9 Å². The molecule has 1 atom stereocenters. The molecule has 0 aromatic heterocycles. The number of nitriles is 1. The standard InChI is InChI=1S/C12H12BrFN2O/c1-2-9(5-6-15)16-12(17)10-7-8(13)3-4-11(10)14/h3-4,7,9H,2,5H2,1H3,(H,16,17). The molecular formula is C12H12BrFN2O. The summed E-state index contributed by atoms with van der Waals surface area (Å²) in [6, 6.07) is 5.91. The van der Waals surface area contributed by atoms with Crippen molar-refractivity contribution in [3.8, 4) is 6.07 Å². The van der Waals surface area contributed by atoms with Crippen LogP contribution in [-0.4, -0.2) is 11.9 Å². The summed E-state index contributed by atoms with van der Waals surface area (Å²) in [5.74, 6) is -1.07. The van der Waals surface area contributed by atoms with Crippen LogP contribution in [-0.2, 0) is 0 Å². The van der Waals surface area contributed by atoms with Gasteiger partial charge in [0.05, 0.1) is 18.1 Å². The van der Waals surface area contributed by atoms with E-state index in [0.717, 1.165) is 0 Å². The first kappa shape index (κ1) is 13.7. The van der Waals surface area contributed by atoms with Crippen LogP contribution in [0.25, 0.3) is 0 Å². The molecule has 0 spiro atoms. The van der Waals surface area contributed by atoms with E-state index in [9.17, 15) is 9.18 Å². The number of nitrogens with zero attached hydrogens (tertiary/aromatic N) is 1. The fourth-order valence-electron chi connectivity index (χ4n) is 1.34. The molecule has 0 saturated carbocycles. The largest absolute Gasteiger partial charge is 0.348 e. The number of hydrogen-bond acceptors (Lipinski definition) is 2. The number of carbonyl (C=O) groups excluding carboxylic acids is 1. The molecule has 90 valence electrons. The molecule has 3 nitrogen and oxygen atoms in total. The van der Waals surface area contributed by atoms with Gasteiger partial charge in [-0.1, -0.05) is 22.9 Å². The van der Waals surface area contributed by atoms with Gasteiger partial charge in [-0.15, -0.1) is 0 Å². The minimum Gasteiger partial charge on any atom is -0.348 e. The third-order valence-corrected chi connectivity index (χ3v) is 2.83. The van der Waals surface area contributed by atoms with Crippen LogP contribution < -0.4 is 5.32 Å². The first-order valence-corrected chi connectivity index (χ1v) is 6.00. The molecular weight excluding hydrogens is 287 g/mol. The topological polar surface area (TPSA) is 52.9 Å². The second-order valence-electron chi connectivity index (χ2n) is 3.57. The van der Waals surface area contributed by atoms with Crippen LogP contribution in [0, 0.1) is 17.1 Å². The fourth-order valence-corrected chi connectivity index (χ4v) is 1.70. The van der Waals surface area contributed by atoms with Crippen molar-refractivity contribution in [3.05, 3.63) is 34.1 Å². The van der Waals surface area contributed by atoms with Crippen LogP contribution in [0.4, 0.5) is 4.39 Å². The summed E-state index contributed by atoms with van der Waals surface area (Å²) < 4.78 is 14.1. The smallest absolute Gasteiger partial charge is 0.254 e. The Bertz CT molecular complexity index is 456. The molecule has 5 heteroatoms. The molecule has 1 aromatic carbocycles. The second-order valence-corrected chi connectivity index (χ2v) is 4.48. The lowest BCUT2D eigenvalue weighted by Crippen LogP contribution is -2.34. The van der Waals surface area contributed by atoms with Gasteiger partial charge in [-0.25, -0.2) is 4.39 Å². The molecule has 0 aliphatic carbocycles. The molecule has 17 heavy (non-hydrogen) atoms. The van der Waals surface area contributed by atoms with E-state index in [-0.39, 0.29) is 18.0 Å². The second kappa shape index (κ2) is 6.36. The van der Waals surface area contributed by atoms with Gasteiger partial charge in [0.15, 0.2) is 0 Å². The van der Waals surface area contributed by atoms with E-state index in [1.807, 2.05) is 13.0 Å². The van der Waals surface area contributed by atoms with Crippen LogP contribution in [0.3, 0.4) is 0 Å². The SMILES string of the molecule is CCC(CC#N)NC(=O)c1cc(Br)ccc1F. The Kier molecular flexibility index (Phi) is 5.11. The van der Waals surface area contributed by atoms with Gasteiger partial charge in [0.25, 0.3) is 5.91 Å². The number of nitrogens with one attached hydrogen (secondary N) is 1. The lowest BCUT2D eigenvalue weighted by atomic mass is 10.1. The van der Waals surface area contributed by atoms with Gasteiger partial charge in [0, 0.05) is 10.5 Å². The van der Waals surface area contributed by atoms with E-state index < -0.39 is 11.7 Å². The zero-order valence-electron chi connectivity index (χ0n) is 9.34. The zero-order valence-corrected chi connectivity index (χ0v) is 10.9. The highest BCUT2D eigenvalue weighted by Gasteiger charge is 2.15. The minimum atomic E-state index is -0.572. The summed E-state index contributed by atoms with van der Waals surface area (Å²) in [5, 5.41) is 11.2. The first-order chi connectivity index (χ1) is 8.08. The van der Waals surface area contributed by atoms with Crippen molar-refractivity contribution >= 4 is 21.8 Å². The Balaban J connectivity index is 2.82. The van der Waals surface area contributed by atoms with Crippen molar-refractivity contribution in [2.45, 2.75) is 25.8 Å². The predicted molar refractivity (Wildman–Crippen MR) is 65.9 cm³/mol. The highest BCUT2D eigenvalue weighted by atomic mass is 79.9. The predicted octanol–water partition coefficient (Wildman–Crippen LogP) is 3.01. The third kappa shape index (κ3) is 3.82. The van der Waals surface area contributed by atoms with Gasteiger partial charge in [0.2, 0.25) is 0 Å². The van der Waals surface area contributed by atoms with Gasteiger partial charge >= 0.3 is 0 Å². The molecule has 0 aliphatic heterocycles. The molecule has 1 N–H and O–H groups in total. The summed E-state index contributed by atoms with van der Waals surface area (Å²) in [5.41, 5.74) is -0.0178. The van der Waals surface area contributed by atoms with Gasteiger partial charge in [-0.05, 0) is 24.6 Å². The highest BCUT2D eigenvalue weighted by Crippen LogP contribution is 2.15. The zero-order chi connectivity index (χ0) is 12.8. The van der Waals surface area contributed by atoms with Crippen LogP contribution in [0.2, 0.25) is 0 Å². The molecule has 0 aliphatic rings. The molecule has 1 rings (SSSR count). The Hall–Kier alpha value is -1.41. The van der Waals surface area contributed by atoms with Gasteiger partial charge in [-0.3, -0.25) is 4.79 Å². The minimum absolute atomic E-state index is 0.0178. The Morgan fingerprint density at radius 3 is 2.94 bits per heavy atom.